The van der Waals surface area contributed by atoms with Crippen LogP contribution in [-0.4, -0.2) is 28.7 Å². The van der Waals surface area contributed by atoms with Gasteiger partial charge in [-0.05, 0) is 31.5 Å². The molecule has 0 aliphatic rings. The molecule has 1 heterocycles. The molecule has 7 nitrogen and oxygen atoms in total. The molecular weight excluding hydrogens is 366 g/mol. The molecule has 0 radical (unpaired) electrons. The maximum Gasteiger partial charge on any atom is 0.193 e. The van der Waals surface area contributed by atoms with Gasteiger partial charge in [-0.1, -0.05) is 30.3 Å². The number of hydrogen-bond acceptors (Lipinski definition) is 4. The number of benzene rings is 2. The van der Waals surface area contributed by atoms with Gasteiger partial charge in [0.25, 0.3) is 0 Å². The van der Waals surface area contributed by atoms with Gasteiger partial charge in [-0.15, -0.1) is 0 Å². The van der Waals surface area contributed by atoms with Crippen LogP contribution in [0.4, 0.5) is 5.69 Å². The summed E-state index contributed by atoms with van der Waals surface area (Å²) in [6, 6.07) is 15.8. The molecule has 0 spiro atoms. The molecule has 3 N–H and O–H groups in total. The number of guanidine groups is 1. The number of ether oxygens (including phenoxy) is 2. The maximum atomic E-state index is 6.12. The van der Waals surface area contributed by atoms with Crippen molar-refractivity contribution in [2.24, 2.45) is 10.7 Å². The zero-order valence-electron chi connectivity index (χ0n) is 16.8. The molecule has 0 saturated carbocycles. The van der Waals surface area contributed by atoms with E-state index in [4.69, 9.17) is 15.2 Å². The highest BCUT2D eigenvalue weighted by atomic mass is 16.5. The number of hydrogen-bond donors (Lipinski definition) is 2. The Labute approximate surface area is 171 Å². The SMILES string of the molecule is CCOc1ccc(OCC)c(NC(N)=NCc2nccn2Cc2ccccc2)c1. The number of anilines is 1. The first-order valence-electron chi connectivity index (χ1n) is 9.70. The van der Waals surface area contributed by atoms with Crippen molar-refractivity contribution in [1.82, 2.24) is 9.55 Å². The Bertz CT molecular complexity index is 937. The number of rotatable bonds is 9. The second kappa shape index (κ2) is 10.2. The maximum absolute atomic E-state index is 6.12. The summed E-state index contributed by atoms with van der Waals surface area (Å²) < 4.78 is 13.3. The summed E-state index contributed by atoms with van der Waals surface area (Å²) in [6.07, 6.45) is 3.72. The van der Waals surface area contributed by atoms with E-state index >= 15 is 0 Å². The third-order valence-corrected chi connectivity index (χ3v) is 4.21. The van der Waals surface area contributed by atoms with Gasteiger partial charge in [-0.2, -0.15) is 0 Å². The highest BCUT2D eigenvalue weighted by molar-refractivity contribution is 5.93. The number of nitrogens with zero attached hydrogens (tertiary/aromatic N) is 3. The second-order valence-corrected chi connectivity index (χ2v) is 6.31. The van der Waals surface area contributed by atoms with Crippen LogP contribution < -0.4 is 20.5 Å². The van der Waals surface area contributed by atoms with Crippen LogP contribution in [0.2, 0.25) is 0 Å². The standard InChI is InChI=1S/C22H27N5O2/c1-3-28-18-10-11-20(29-4-2)19(14-18)26-22(23)25-15-21-24-12-13-27(21)16-17-8-6-5-7-9-17/h5-14H,3-4,15-16H2,1-2H3,(H3,23,25,26). The van der Waals surface area contributed by atoms with E-state index in [1.54, 1.807) is 6.20 Å². The summed E-state index contributed by atoms with van der Waals surface area (Å²) in [5.74, 6) is 2.56. The molecule has 0 saturated heterocycles. The number of nitrogens with one attached hydrogen (secondary N) is 1. The van der Waals surface area contributed by atoms with E-state index in [-0.39, 0.29) is 5.96 Å². The van der Waals surface area contributed by atoms with E-state index < -0.39 is 0 Å². The predicted molar refractivity (Wildman–Crippen MR) is 116 cm³/mol. The lowest BCUT2D eigenvalue weighted by atomic mass is 10.2. The van der Waals surface area contributed by atoms with Gasteiger partial charge in [0.15, 0.2) is 5.96 Å². The molecule has 3 rings (SSSR count). The fourth-order valence-electron chi connectivity index (χ4n) is 2.89. The van der Waals surface area contributed by atoms with Gasteiger partial charge in [0, 0.05) is 25.0 Å². The summed E-state index contributed by atoms with van der Waals surface area (Å²) in [4.78, 5) is 8.85. The largest absolute Gasteiger partial charge is 0.494 e. The van der Waals surface area contributed by atoms with Crippen molar-refractivity contribution >= 4 is 11.6 Å². The number of aromatic nitrogens is 2. The van der Waals surface area contributed by atoms with E-state index in [9.17, 15) is 0 Å². The fourth-order valence-corrected chi connectivity index (χ4v) is 2.89. The zero-order chi connectivity index (χ0) is 20.5. The summed E-state index contributed by atoms with van der Waals surface area (Å²) in [5, 5.41) is 3.11. The minimum absolute atomic E-state index is 0.286. The van der Waals surface area contributed by atoms with Crippen LogP contribution in [-0.2, 0) is 13.1 Å². The van der Waals surface area contributed by atoms with Crippen molar-refractivity contribution < 1.29 is 9.47 Å². The minimum Gasteiger partial charge on any atom is -0.494 e. The van der Waals surface area contributed by atoms with Crippen LogP contribution in [0.25, 0.3) is 0 Å². The van der Waals surface area contributed by atoms with Crippen LogP contribution >= 0.6 is 0 Å². The molecular formula is C22H27N5O2. The first-order chi connectivity index (χ1) is 14.2. The molecule has 7 heteroatoms. The van der Waals surface area contributed by atoms with Gasteiger partial charge in [0.2, 0.25) is 0 Å². The van der Waals surface area contributed by atoms with Crippen molar-refractivity contribution in [3.63, 3.8) is 0 Å². The second-order valence-electron chi connectivity index (χ2n) is 6.31. The normalized spacial score (nSPS) is 11.3. The van der Waals surface area contributed by atoms with Crippen molar-refractivity contribution in [1.29, 1.82) is 0 Å². The summed E-state index contributed by atoms with van der Waals surface area (Å²) in [7, 11) is 0. The molecule has 0 fully saturated rings. The molecule has 0 amide bonds. The topological polar surface area (TPSA) is 86.7 Å². The van der Waals surface area contributed by atoms with Gasteiger partial charge in [-0.3, -0.25) is 0 Å². The molecule has 3 aromatic rings. The van der Waals surface area contributed by atoms with Gasteiger partial charge in [0.1, 0.15) is 23.9 Å². The van der Waals surface area contributed by atoms with Crippen molar-refractivity contribution in [2.75, 3.05) is 18.5 Å². The van der Waals surface area contributed by atoms with Crippen LogP contribution in [0, 0.1) is 0 Å². The highest BCUT2D eigenvalue weighted by Crippen LogP contribution is 2.29. The number of nitrogens with two attached hydrogens (primary N) is 1. The van der Waals surface area contributed by atoms with Gasteiger partial charge in [-0.25, -0.2) is 9.98 Å². The molecule has 1 aromatic heterocycles. The lowest BCUT2D eigenvalue weighted by Crippen LogP contribution is -2.23. The molecule has 152 valence electrons. The summed E-state index contributed by atoms with van der Waals surface area (Å²) in [6.45, 7) is 6.12. The number of imidazole rings is 1. The molecule has 29 heavy (non-hydrogen) atoms. The van der Waals surface area contributed by atoms with Crippen LogP contribution in [0.3, 0.4) is 0 Å². The molecule has 0 bridgehead atoms. The lowest BCUT2D eigenvalue weighted by molar-refractivity contribution is 0.332. The Morgan fingerprint density at radius 1 is 1.10 bits per heavy atom. The van der Waals surface area contributed by atoms with E-state index in [1.807, 2.05) is 56.4 Å². The van der Waals surface area contributed by atoms with Crippen molar-refractivity contribution in [3.05, 3.63) is 72.3 Å². The Balaban J connectivity index is 1.70. The third-order valence-electron chi connectivity index (χ3n) is 4.21. The minimum atomic E-state index is 0.286. The average Bonchev–Trinajstić information content (AvgIpc) is 3.16. The van der Waals surface area contributed by atoms with Crippen LogP contribution in [0.5, 0.6) is 11.5 Å². The van der Waals surface area contributed by atoms with Crippen LogP contribution in [0.15, 0.2) is 65.9 Å². The smallest absolute Gasteiger partial charge is 0.193 e. The third kappa shape index (κ3) is 5.75. The Morgan fingerprint density at radius 3 is 2.66 bits per heavy atom. The monoisotopic (exact) mass is 393 g/mol. The van der Waals surface area contributed by atoms with E-state index in [0.717, 1.165) is 18.1 Å². The Morgan fingerprint density at radius 2 is 1.90 bits per heavy atom. The van der Waals surface area contributed by atoms with Gasteiger partial charge >= 0.3 is 0 Å². The molecule has 0 atom stereocenters. The highest BCUT2D eigenvalue weighted by Gasteiger charge is 2.08. The van der Waals surface area contributed by atoms with Crippen molar-refractivity contribution in [3.8, 4) is 11.5 Å². The average molecular weight is 393 g/mol. The molecule has 0 aliphatic carbocycles. The van der Waals surface area contributed by atoms with E-state index in [1.165, 1.54) is 5.56 Å². The molecule has 2 aromatic carbocycles. The predicted octanol–water partition coefficient (Wildman–Crippen LogP) is 3.66. The fraction of sp³-hybridized carbons (Fsp3) is 0.273. The van der Waals surface area contributed by atoms with E-state index in [0.29, 0.717) is 31.2 Å². The number of aliphatic imine (C=N–C) groups is 1. The van der Waals surface area contributed by atoms with Gasteiger partial charge < -0.3 is 25.1 Å². The van der Waals surface area contributed by atoms with Crippen molar-refractivity contribution in [2.45, 2.75) is 26.9 Å². The quantitative estimate of drug-likeness (QED) is 0.428. The van der Waals surface area contributed by atoms with Crippen LogP contribution in [0.1, 0.15) is 25.2 Å². The molecule has 0 unspecified atom stereocenters. The first kappa shape index (κ1) is 20.3. The Kier molecular flexibility index (Phi) is 7.10. The van der Waals surface area contributed by atoms with Gasteiger partial charge in [0.05, 0.1) is 18.9 Å². The van der Waals surface area contributed by atoms with E-state index in [2.05, 4.69) is 32.0 Å². The Hall–Kier alpha value is -3.48. The summed E-state index contributed by atoms with van der Waals surface area (Å²) in [5.41, 5.74) is 8.04. The lowest BCUT2D eigenvalue weighted by Gasteiger charge is -2.14. The zero-order valence-corrected chi connectivity index (χ0v) is 16.8. The molecule has 0 aliphatic heterocycles. The summed E-state index contributed by atoms with van der Waals surface area (Å²) >= 11 is 0. The first-order valence-corrected chi connectivity index (χ1v) is 9.70.